The first kappa shape index (κ1) is 22.2. The molecule has 6 nitrogen and oxygen atoms in total. The molecule has 0 bridgehead atoms. The third-order valence-electron chi connectivity index (χ3n) is 6.18. The zero-order valence-corrected chi connectivity index (χ0v) is 19.0. The number of amides is 1. The Kier molecular flexibility index (Phi) is 6.13. The second kappa shape index (κ2) is 8.30. The Morgan fingerprint density at radius 1 is 1.17 bits per heavy atom. The van der Waals surface area contributed by atoms with Gasteiger partial charge < -0.3 is 10.1 Å². The fourth-order valence-electron chi connectivity index (χ4n) is 4.06. The molecule has 0 spiro atoms. The molecular formula is C23H30N2O4S. The van der Waals surface area contributed by atoms with Gasteiger partial charge in [-0.15, -0.1) is 0 Å². The highest BCUT2D eigenvalue weighted by atomic mass is 32.2. The Bertz CT molecular complexity index is 1040. The third kappa shape index (κ3) is 4.17. The fourth-order valence-corrected chi connectivity index (χ4v) is 4.61. The number of para-hydroxylation sites is 1. The summed E-state index contributed by atoms with van der Waals surface area (Å²) in [4.78, 5) is 13.2. The van der Waals surface area contributed by atoms with E-state index in [0.29, 0.717) is 23.2 Å². The Morgan fingerprint density at radius 2 is 1.83 bits per heavy atom. The number of fused-ring (bicyclic) bond motifs is 1. The molecule has 1 heterocycles. The normalized spacial score (nSPS) is 17.6. The van der Waals surface area contributed by atoms with Crippen LogP contribution in [-0.4, -0.2) is 33.2 Å². The van der Waals surface area contributed by atoms with Crippen molar-refractivity contribution in [1.29, 1.82) is 0 Å². The van der Waals surface area contributed by atoms with Crippen molar-refractivity contribution in [2.45, 2.75) is 51.7 Å². The van der Waals surface area contributed by atoms with Gasteiger partial charge in [0.15, 0.2) is 0 Å². The lowest BCUT2D eigenvalue weighted by atomic mass is 9.83. The molecule has 0 radical (unpaired) electrons. The van der Waals surface area contributed by atoms with Crippen LogP contribution >= 0.6 is 0 Å². The number of hydrogen-bond acceptors (Lipinski definition) is 4. The van der Waals surface area contributed by atoms with Gasteiger partial charge in [-0.05, 0) is 43.5 Å². The van der Waals surface area contributed by atoms with E-state index in [2.05, 4.69) is 19.2 Å². The van der Waals surface area contributed by atoms with Crippen molar-refractivity contribution < 1.29 is 17.9 Å². The molecule has 1 unspecified atom stereocenters. The predicted octanol–water partition coefficient (Wildman–Crippen LogP) is 4.20. The minimum atomic E-state index is -3.43. The van der Waals surface area contributed by atoms with E-state index >= 15 is 0 Å². The summed E-state index contributed by atoms with van der Waals surface area (Å²) in [6.45, 7) is 5.97. The molecule has 2 aromatic carbocycles. The van der Waals surface area contributed by atoms with E-state index in [1.807, 2.05) is 24.3 Å². The summed E-state index contributed by atoms with van der Waals surface area (Å²) < 4.78 is 31.5. The molecule has 30 heavy (non-hydrogen) atoms. The SMILES string of the molecule is CCC1(CC)CC(NC(=O)c2cccc(N(C)S(C)(=O)=O)c2C)c2ccccc2O1. The predicted molar refractivity (Wildman–Crippen MR) is 120 cm³/mol. The second-order valence-electron chi connectivity index (χ2n) is 7.94. The lowest BCUT2D eigenvalue weighted by molar-refractivity contribution is 0.0227. The standard InChI is InChI=1S/C23H30N2O4S/c1-6-23(7-2)15-19(18-11-8-9-14-21(18)29-23)24-22(26)17-12-10-13-20(16(17)3)25(4)30(5,27)28/h8-14,19H,6-7,15H2,1-5H3,(H,24,26). The lowest BCUT2D eigenvalue weighted by Gasteiger charge is -2.41. The number of sulfonamides is 1. The monoisotopic (exact) mass is 430 g/mol. The van der Waals surface area contributed by atoms with E-state index < -0.39 is 10.0 Å². The van der Waals surface area contributed by atoms with Gasteiger partial charge in [0.1, 0.15) is 11.4 Å². The first-order valence-electron chi connectivity index (χ1n) is 10.2. The number of anilines is 1. The number of nitrogens with one attached hydrogen (secondary N) is 1. The van der Waals surface area contributed by atoms with Crippen LogP contribution in [0.25, 0.3) is 0 Å². The maximum atomic E-state index is 13.2. The second-order valence-corrected chi connectivity index (χ2v) is 9.95. The molecule has 0 aromatic heterocycles. The quantitative estimate of drug-likeness (QED) is 0.745. The highest BCUT2D eigenvalue weighted by molar-refractivity contribution is 7.92. The summed E-state index contributed by atoms with van der Waals surface area (Å²) in [5.74, 6) is 0.582. The third-order valence-corrected chi connectivity index (χ3v) is 7.37. The summed E-state index contributed by atoms with van der Waals surface area (Å²) in [7, 11) is -1.93. The first-order chi connectivity index (χ1) is 14.1. The van der Waals surface area contributed by atoms with Crippen LogP contribution in [0.1, 0.15) is 60.6 Å². The molecule has 1 atom stereocenters. The van der Waals surface area contributed by atoms with E-state index in [1.165, 1.54) is 11.4 Å². The minimum absolute atomic E-state index is 0.182. The average molecular weight is 431 g/mol. The molecular weight excluding hydrogens is 400 g/mol. The Hall–Kier alpha value is -2.54. The van der Waals surface area contributed by atoms with Crippen molar-refractivity contribution in [3.05, 3.63) is 59.2 Å². The van der Waals surface area contributed by atoms with Gasteiger partial charge in [-0.3, -0.25) is 9.10 Å². The number of hydrogen-bond donors (Lipinski definition) is 1. The number of nitrogens with zero attached hydrogens (tertiary/aromatic N) is 1. The Morgan fingerprint density at radius 3 is 2.47 bits per heavy atom. The summed E-state index contributed by atoms with van der Waals surface area (Å²) in [6, 6.07) is 12.8. The van der Waals surface area contributed by atoms with Crippen LogP contribution in [0.5, 0.6) is 5.75 Å². The van der Waals surface area contributed by atoms with Gasteiger partial charge >= 0.3 is 0 Å². The summed E-state index contributed by atoms with van der Waals surface area (Å²) in [5, 5.41) is 3.17. The molecule has 0 saturated carbocycles. The number of carbonyl (C=O) groups is 1. The van der Waals surface area contributed by atoms with Gasteiger partial charge in [0, 0.05) is 24.6 Å². The summed E-state index contributed by atoms with van der Waals surface area (Å²) >= 11 is 0. The van der Waals surface area contributed by atoms with Gasteiger partial charge in [0.05, 0.1) is 18.0 Å². The molecule has 162 valence electrons. The van der Waals surface area contributed by atoms with Crippen LogP contribution in [0.4, 0.5) is 5.69 Å². The molecule has 1 aliphatic heterocycles. The van der Waals surface area contributed by atoms with Gasteiger partial charge in [-0.1, -0.05) is 38.1 Å². The van der Waals surface area contributed by atoms with E-state index in [1.54, 1.807) is 25.1 Å². The number of rotatable bonds is 6. The Labute approximate surface area is 179 Å². The van der Waals surface area contributed by atoms with Crippen LogP contribution in [-0.2, 0) is 10.0 Å². The molecule has 3 rings (SSSR count). The maximum absolute atomic E-state index is 13.2. The van der Waals surface area contributed by atoms with Gasteiger partial charge in [-0.25, -0.2) is 8.42 Å². The van der Waals surface area contributed by atoms with Gasteiger partial charge in [-0.2, -0.15) is 0 Å². The highest BCUT2D eigenvalue weighted by Gasteiger charge is 2.39. The van der Waals surface area contributed by atoms with Crippen LogP contribution in [0, 0.1) is 6.92 Å². The molecule has 1 aliphatic rings. The highest BCUT2D eigenvalue weighted by Crippen LogP contribution is 2.42. The van der Waals surface area contributed by atoms with Crippen molar-refractivity contribution in [2.75, 3.05) is 17.6 Å². The number of carbonyl (C=O) groups excluding carboxylic acids is 1. The largest absolute Gasteiger partial charge is 0.487 e. The number of ether oxygens (including phenoxy) is 1. The fraction of sp³-hybridized carbons (Fsp3) is 0.435. The summed E-state index contributed by atoms with van der Waals surface area (Å²) in [6.07, 6.45) is 3.52. The van der Waals surface area contributed by atoms with Gasteiger partial charge in [0.2, 0.25) is 10.0 Å². The first-order valence-corrected chi connectivity index (χ1v) is 12.1. The van der Waals surface area contributed by atoms with E-state index in [-0.39, 0.29) is 17.6 Å². The van der Waals surface area contributed by atoms with E-state index in [9.17, 15) is 13.2 Å². The minimum Gasteiger partial charge on any atom is -0.487 e. The summed E-state index contributed by atoms with van der Waals surface area (Å²) in [5.41, 5.74) is 2.23. The Balaban J connectivity index is 1.94. The topological polar surface area (TPSA) is 75.7 Å². The van der Waals surface area contributed by atoms with Gasteiger partial charge in [0.25, 0.3) is 5.91 Å². The van der Waals surface area contributed by atoms with E-state index in [4.69, 9.17) is 4.74 Å². The lowest BCUT2D eigenvalue weighted by Crippen LogP contribution is -2.44. The molecule has 1 amide bonds. The van der Waals surface area contributed by atoms with Crippen molar-refractivity contribution in [3.8, 4) is 5.75 Å². The maximum Gasteiger partial charge on any atom is 0.252 e. The van der Waals surface area contributed by atoms with Crippen molar-refractivity contribution in [1.82, 2.24) is 5.32 Å². The zero-order valence-electron chi connectivity index (χ0n) is 18.2. The van der Waals surface area contributed by atoms with Crippen LogP contribution in [0.3, 0.4) is 0 Å². The smallest absolute Gasteiger partial charge is 0.252 e. The molecule has 0 fully saturated rings. The van der Waals surface area contributed by atoms with Crippen molar-refractivity contribution in [2.24, 2.45) is 0 Å². The molecule has 0 aliphatic carbocycles. The van der Waals surface area contributed by atoms with Crippen LogP contribution in [0.2, 0.25) is 0 Å². The molecule has 0 saturated heterocycles. The number of benzene rings is 2. The van der Waals surface area contributed by atoms with Crippen LogP contribution < -0.4 is 14.4 Å². The zero-order chi connectivity index (χ0) is 22.1. The van der Waals surface area contributed by atoms with E-state index in [0.717, 1.165) is 30.4 Å². The van der Waals surface area contributed by atoms with Crippen molar-refractivity contribution >= 4 is 21.6 Å². The molecule has 2 aromatic rings. The van der Waals surface area contributed by atoms with Crippen molar-refractivity contribution in [3.63, 3.8) is 0 Å². The molecule has 1 N–H and O–H groups in total. The average Bonchev–Trinajstić information content (AvgIpc) is 2.72. The molecule has 7 heteroatoms. The van der Waals surface area contributed by atoms with Crippen LogP contribution in [0.15, 0.2) is 42.5 Å².